The zero-order valence-electron chi connectivity index (χ0n) is 11.0. The molecule has 1 N–H and O–H groups in total. The van der Waals surface area contributed by atoms with E-state index in [4.69, 9.17) is 9.47 Å². The van der Waals surface area contributed by atoms with Crippen LogP contribution < -0.4 is 10.1 Å². The summed E-state index contributed by atoms with van der Waals surface area (Å²) in [5.41, 5.74) is -1.03. The molecule has 0 aromatic carbocycles. The molecule has 1 aromatic heterocycles. The summed E-state index contributed by atoms with van der Waals surface area (Å²) in [6.07, 6.45) is -1.74. The number of alkyl halides is 3. The third-order valence-corrected chi connectivity index (χ3v) is 2.91. The van der Waals surface area contributed by atoms with Crippen LogP contribution in [-0.4, -0.2) is 36.3 Å². The first-order valence-corrected chi connectivity index (χ1v) is 6.37. The molecule has 1 fully saturated rings. The van der Waals surface area contributed by atoms with Gasteiger partial charge in [0, 0.05) is 19.7 Å². The van der Waals surface area contributed by atoms with Gasteiger partial charge in [0.15, 0.2) is 5.69 Å². The van der Waals surface area contributed by atoms with Crippen molar-refractivity contribution < 1.29 is 22.6 Å². The summed E-state index contributed by atoms with van der Waals surface area (Å²) in [6.45, 7) is 0.852. The van der Waals surface area contributed by atoms with Crippen molar-refractivity contribution in [3.8, 4) is 5.88 Å². The molecule has 1 aromatic rings. The van der Waals surface area contributed by atoms with Gasteiger partial charge in [-0.2, -0.15) is 18.2 Å². The second-order valence-corrected chi connectivity index (χ2v) is 4.46. The van der Waals surface area contributed by atoms with Crippen LogP contribution in [0.15, 0.2) is 6.07 Å². The molecule has 0 aliphatic carbocycles. The molecule has 8 heteroatoms. The van der Waals surface area contributed by atoms with Gasteiger partial charge in [-0.25, -0.2) is 4.98 Å². The normalized spacial score (nSPS) is 19.7. The van der Waals surface area contributed by atoms with Gasteiger partial charge in [-0.05, 0) is 19.3 Å². The van der Waals surface area contributed by atoms with E-state index in [-0.39, 0.29) is 24.5 Å². The van der Waals surface area contributed by atoms with Crippen molar-refractivity contribution in [1.82, 2.24) is 9.97 Å². The predicted octanol–water partition coefficient (Wildman–Crippen LogP) is 2.49. The van der Waals surface area contributed by atoms with Crippen molar-refractivity contribution in [2.45, 2.75) is 31.5 Å². The van der Waals surface area contributed by atoms with E-state index in [0.29, 0.717) is 6.61 Å². The second-order valence-electron chi connectivity index (χ2n) is 4.46. The third kappa shape index (κ3) is 3.96. The Balaban J connectivity index is 2.06. The number of hydrogen-bond donors (Lipinski definition) is 1. The van der Waals surface area contributed by atoms with Gasteiger partial charge in [0.25, 0.3) is 0 Å². The van der Waals surface area contributed by atoms with Crippen molar-refractivity contribution in [1.29, 1.82) is 0 Å². The van der Waals surface area contributed by atoms with E-state index in [0.717, 1.165) is 25.3 Å². The number of hydrogen-bond acceptors (Lipinski definition) is 5. The fraction of sp³-hybridized carbons (Fsp3) is 0.667. The van der Waals surface area contributed by atoms with Gasteiger partial charge >= 0.3 is 6.18 Å². The summed E-state index contributed by atoms with van der Waals surface area (Å²) in [5.74, 6) is -0.231. The summed E-state index contributed by atoms with van der Waals surface area (Å²) in [7, 11) is 1.45. The van der Waals surface area contributed by atoms with Gasteiger partial charge in [0.2, 0.25) is 11.8 Å². The topological polar surface area (TPSA) is 56.3 Å². The molecule has 0 amide bonds. The van der Waals surface area contributed by atoms with E-state index in [2.05, 4.69) is 15.3 Å². The fourth-order valence-electron chi connectivity index (χ4n) is 1.87. The standard InChI is InChI=1S/C12H16F3N3O2/c1-16-11-17-9(12(13,14)15)6-10(18-11)20-7-8-4-2-3-5-19-8/h6,8H,2-5,7H2,1H3,(H,16,17,18). The van der Waals surface area contributed by atoms with Crippen LogP contribution in [0.1, 0.15) is 25.0 Å². The highest BCUT2D eigenvalue weighted by Crippen LogP contribution is 2.30. The van der Waals surface area contributed by atoms with E-state index in [1.54, 1.807) is 0 Å². The number of nitrogens with one attached hydrogen (secondary N) is 1. The lowest BCUT2D eigenvalue weighted by Gasteiger charge is -2.22. The Labute approximate surface area is 114 Å². The quantitative estimate of drug-likeness (QED) is 0.923. The van der Waals surface area contributed by atoms with E-state index in [1.807, 2.05) is 0 Å². The van der Waals surface area contributed by atoms with Crippen LogP contribution in [0.5, 0.6) is 5.88 Å². The van der Waals surface area contributed by atoms with E-state index in [9.17, 15) is 13.2 Å². The molecule has 2 rings (SSSR count). The Hall–Kier alpha value is -1.57. The third-order valence-electron chi connectivity index (χ3n) is 2.91. The molecule has 1 unspecified atom stereocenters. The number of ether oxygens (including phenoxy) is 2. The SMILES string of the molecule is CNc1nc(OCC2CCCCO2)cc(C(F)(F)F)n1. The van der Waals surface area contributed by atoms with Crippen LogP contribution >= 0.6 is 0 Å². The number of anilines is 1. The maximum Gasteiger partial charge on any atom is 0.433 e. The molecule has 0 radical (unpaired) electrons. The van der Waals surface area contributed by atoms with Gasteiger partial charge in [-0.3, -0.25) is 0 Å². The van der Waals surface area contributed by atoms with Crippen molar-refractivity contribution in [2.24, 2.45) is 0 Å². The molecule has 0 spiro atoms. The lowest BCUT2D eigenvalue weighted by atomic mass is 10.1. The highest BCUT2D eigenvalue weighted by molar-refractivity contribution is 5.31. The molecule has 1 atom stereocenters. The molecular weight excluding hydrogens is 275 g/mol. The minimum atomic E-state index is -4.53. The monoisotopic (exact) mass is 291 g/mol. The van der Waals surface area contributed by atoms with E-state index < -0.39 is 11.9 Å². The molecule has 1 aliphatic rings. The molecule has 0 bridgehead atoms. The van der Waals surface area contributed by atoms with Crippen molar-refractivity contribution in [3.05, 3.63) is 11.8 Å². The summed E-state index contributed by atoms with van der Waals surface area (Å²) in [5, 5.41) is 2.48. The summed E-state index contributed by atoms with van der Waals surface area (Å²) >= 11 is 0. The second kappa shape index (κ2) is 6.25. The maximum atomic E-state index is 12.7. The first-order valence-electron chi connectivity index (χ1n) is 6.37. The lowest BCUT2D eigenvalue weighted by molar-refractivity contribution is -0.141. The lowest BCUT2D eigenvalue weighted by Crippen LogP contribution is -2.26. The first-order chi connectivity index (χ1) is 9.49. The molecule has 112 valence electrons. The average molecular weight is 291 g/mol. The summed E-state index contributed by atoms with van der Waals surface area (Å²) in [6, 6.07) is 0.795. The Morgan fingerprint density at radius 1 is 1.40 bits per heavy atom. The summed E-state index contributed by atoms with van der Waals surface area (Å²) in [4.78, 5) is 7.21. The molecule has 0 saturated carbocycles. The summed E-state index contributed by atoms with van der Waals surface area (Å²) < 4.78 is 48.8. The van der Waals surface area contributed by atoms with Crippen LogP contribution in [0.25, 0.3) is 0 Å². The smallest absolute Gasteiger partial charge is 0.433 e. The Morgan fingerprint density at radius 3 is 2.80 bits per heavy atom. The highest BCUT2D eigenvalue weighted by Gasteiger charge is 2.34. The van der Waals surface area contributed by atoms with E-state index >= 15 is 0 Å². The van der Waals surface area contributed by atoms with Gasteiger partial charge < -0.3 is 14.8 Å². The number of aromatic nitrogens is 2. The van der Waals surface area contributed by atoms with Crippen molar-refractivity contribution in [2.75, 3.05) is 25.6 Å². The first kappa shape index (κ1) is 14.8. The zero-order chi connectivity index (χ0) is 14.6. The zero-order valence-corrected chi connectivity index (χ0v) is 11.0. The van der Waals surface area contributed by atoms with Crippen LogP contribution in [0.3, 0.4) is 0 Å². The van der Waals surface area contributed by atoms with Gasteiger partial charge in [-0.15, -0.1) is 0 Å². The Morgan fingerprint density at radius 2 is 2.20 bits per heavy atom. The molecule has 20 heavy (non-hydrogen) atoms. The Bertz CT molecular complexity index is 448. The van der Waals surface area contributed by atoms with Crippen LogP contribution in [-0.2, 0) is 10.9 Å². The van der Waals surface area contributed by atoms with Crippen molar-refractivity contribution >= 4 is 5.95 Å². The number of rotatable bonds is 4. The predicted molar refractivity (Wildman–Crippen MR) is 65.7 cm³/mol. The molecule has 5 nitrogen and oxygen atoms in total. The molecule has 1 saturated heterocycles. The van der Waals surface area contributed by atoms with Crippen LogP contribution in [0.4, 0.5) is 19.1 Å². The van der Waals surface area contributed by atoms with Crippen LogP contribution in [0, 0.1) is 0 Å². The number of halogens is 3. The van der Waals surface area contributed by atoms with Crippen molar-refractivity contribution in [3.63, 3.8) is 0 Å². The number of nitrogens with zero attached hydrogens (tertiary/aromatic N) is 2. The van der Waals surface area contributed by atoms with E-state index in [1.165, 1.54) is 7.05 Å². The van der Waals surface area contributed by atoms with Gasteiger partial charge in [0.05, 0.1) is 6.10 Å². The van der Waals surface area contributed by atoms with Gasteiger partial charge in [-0.1, -0.05) is 0 Å². The largest absolute Gasteiger partial charge is 0.475 e. The fourth-order valence-corrected chi connectivity index (χ4v) is 1.87. The minimum absolute atomic E-state index is 0.0916. The molecular formula is C12H16F3N3O2. The highest BCUT2D eigenvalue weighted by atomic mass is 19.4. The average Bonchev–Trinajstić information content (AvgIpc) is 2.45. The molecule has 1 aliphatic heterocycles. The van der Waals surface area contributed by atoms with Crippen LogP contribution in [0.2, 0.25) is 0 Å². The molecule has 2 heterocycles. The Kier molecular flexibility index (Phi) is 4.64. The van der Waals surface area contributed by atoms with Gasteiger partial charge in [0.1, 0.15) is 6.61 Å². The minimum Gasteiger partial charge on any atom is -0.475 e. The maximum absolute atomic E-state index is 12.7.